The van der Waals surface area contributed by atoms with Gasteiger partial charge < -0.3 is 14.3 Å². The van der Waals surface area contributed by atoms with Crippen molar-refractivity contribution in [2.24, 2.45) is 17.8 Å². The number of nitrogens with zero attached hydrogens (tertiary/aromatic N) is 1. The van der Waals surface area contributed by atoms with Gasteiger partial charge in [-0.05, 0) is 70.4 Å². The molecule has 2 saturated heterocycles. The van der Waals surface area contributed by atoms with Gasteiger partial charge in [-0.15, -0.1) is 0 Å². The number of ether oxygens (including phenoxy) is 1. The van der Waals surface area contributed by atoms with Crippen molar-refractivity contribution >= 4 is 36.6 Å². The average molecular weight is 636 g/mol. The highest BCUT2D eigenvalue weighted by Gasteiger charge is 2.57. The SMILES string of the molecule is C/C(=C\c1ccc(O)cc1)CC[C@H]1OC[C@H]2C1=C(CO[Si](c1ccccc1)(c1ccccc1)C(C)(C)C)C[C@H]1C(=O)N(C)C(=O)[C@H]12. The largest absolute Gasteiger partial charge is 0.508 e. The van der Waals surface area contributed by atoms with Crippen molar-refractivity contribution < 1.29 is 23.9 Å². The van der Waals surface area contributed by atoms with Gasteiger partial charge in [0.15, 0.2) is 0 Å². The third kappa shape index (κ3) is 5.81. The molecular formula is C39H45NO5Si. The predicted octanol–water partition coefficient (Wildman–Crippen LogP) is 6.10. The minimum Gasteiger partial charge on any atom is -0.508 e. The van der Waals surface area contributed by atoms with Gasteiger partial charge in [0.1, 0.15) is 5.75 Å². The Bertz CT molecular complexity index is 1600. The number of rotatable bonds is 9. The summed E-state index contributed by atoms with van der Waals surface area (Å²) in [6.45, 7) is 9.78. The Kier molecular flexibility index (Phi) is 8.94. The van der Waals surface area contributed by atoms with Crippen LogP contribution in [0.1, 0.15) is 52.5 Å². The van der Waals surface area contributed by atoms with Crippen molar-refractivity contribution in [2.75, 3.05) is 20.3 Å². The van der Waals surface area contributed by atoms with Crippen LogP contribution in [0.15, 0.2) is 102 Å². The van der Waals surface area contributed by atoms with Gasteiger partial charge in [0, 0.05) is 13.0 Å². The fourth-order valence-electron chi connectivity index (χ4n) is 8.01. The number of likely N-dealkylation sites (tertiary alicyclic amines) is 1. The predicted molar refractivity (Wildman–Crippen MR) is 184 cm³/mol. The van der Waals surface area contributed by atoms with Gasteiger partial charge in [-0.3, -0.25) is 14.5 Å². The lowest BCUT2D eigenvalue weighted by Crippen LogP contribution is -2.66. The van der Waals surface area contributed by atoms with Gasteiger partial charge in [0.25, 0.3) is 8.32 Å². The second kappa shape index (κ2) is 12.8. The summed E-state index contributed by atoms with van der Waals surface area (Å²) in [4.78, 5) is 28.1. The topological polar surface area (TPSA) is 76.1 Å². The number of benzene rings is 3. The van der Waals surface area contributed by atoms with Gasteiger partial charge >= 0.3 is 0 Å². The monoisotopic (exact) mass is 635 g/mol. The molecule has 2 aliphatic heterocycles. The van der Waals surface area contributed by atoms with Crippen molar-refractivity contribution in [3.63, 3.8) is 0 Å². The van der Waals surface area contributed by atoms with Crippen LogP contribution in [0.4, 0.5) is 0 Å². The molecule has 3 aromatic carbocycles. The maximum atomic E-state index is 13.4. The first kappa shape index (κ1) is 32.2. The molecule has 46 heavy (non-hydrogen) atoms. The number of imide groups is 1. The number of phenolic OH excluding ortho intramolecular Hbond substituents is 1. The van der Waals surface area contributed by atoms with Crippen molar-refractivity contribution in [1.29, 1.82) is 0 Å². The van der Waals surface area contributed by atoms with Crippen LogP contribution in [0.25, 0.3) is 6.08 Å². The maximum Gasteiger partial charge on any atom is 0.261 e. The van der Waals surface area contributed by atoms with E-state index in [0.717, 1.165) is 24.0 Å². The number of carbonyl (C=O) groups is 2. The van der Waals surface area contributed by atoms with Crippen LogP contribution >= 0.6 is 0 Å². The standard InChI is InChI=1S/C39H45NO5Si/c1-26(22-27-17-19-29(41)20-18-27)16-21-34-35-28(23-32-36(33(35)25-44-34)38(43)40(5)37(32)42)24-45-46(39(2,3)4,30-12-8-6-9-13-30)31-14-10-7-11-15-31/h6-15,17-20,22,32-34,36,41H,16,21,23-25H2,1-5H3/b26-22+/t32-,33+,34-,36-/m1/s1. The van der Waals surface area contributed by atoms with E-state index in [1.165, 1.54) is 26.4 Å². The zero-order chi connectivity index (χ0) is 32.6. The van der Waals surface area contributed by atoms with Crippen molar-refractivity contribution in [3.8, 4) is 5.75 Å². The summed E-state index contributed by atoms with van der Waals surface area (Å²) in [6.07, 6.45) is 4.13. The Morgan fingerprint density at radius 1 is 0.935 bits per heavy atom. The van der Waals surface area contributed by atoms with Crippen molar-refractivity contribution in [2.45, 2.75) is 58.1 Å². The molecule has 0 radical (unpaired) electrons. The van der Waals surface area contributed by atoms with Crippen LogP contribution in [-0.4, -0.2) is 56.5 Å². The number of allylic oxidation sites excluding steroid dienone is 1. The second-order valence-electron chi connectivity index (χ2n) is 14.1. The Hall–Kier alpha value is -3.78. The summed E-state index contributed by atoms with van der Waals surface area (Å²) >= 11 is 0. The fourth-order valence-corrected chi connectivity index (χ4v) is 12.6. The lowest BCUT2D eigenvalue weighted by Gasteiger charge is -2.44. The molecule has 6 nitrogen and oxygen atoms in total. The summed E-state index contributed by atoms with van der Waals surface area (Å²) < 4.78 is 13.9. The summed E-state index contributed by atoms with van der Waals surface area (Å²) in [6, 6.07) is 28.4. The minimum absolute atomic E-state index is 0.0860. The molecule has 0 aromatic heterocycles. The second-order valence-corrected chi connectivity index (χ2v) is 18.4. The zero-order valence-corrected chi connectivity index (χ0v) is 28.5. The molecule has 3 aliphatic rings. The van der Waals surface area contributed by atoms with E-state index in [-0.39, 0.29) is 46.5 Å². The molecule has 4 atom stereocenters. The molecule has 240 valence electrons. The number of phenols is 1. The molecule has 1 aliphatic carbocycles. The third-order valence-electron chi connectivity index (χ3n) is 10.2. The van der Waals surface area contributed by atoms with E-state index in [4.69, 9.17) is 9.16 Å². The molecule has 7 heteroatoms. The fraction of sp³-hybridized carbons (Fsp3) is 0.385. The van der Waals surface area contributed by atoms with Crippen LogP contribution in [-0.2, 0) is 18.8 Å². The number of amides is 2. The van der Waals surface area contributed by atoms with Crippen LogP contribution in [0.3, 0.4) is 0 Å². The molecule has 2 fully saturated rings. The molecule has 2 heterocycles. The quantitative estimate of drug-likeness (QED) is 0.175. The molecule has 0 bridgehead atoms. The maximum absolute atomic E-state index is 13.4. The average Bonchev–Trinajstić information content (AvgIpc) is 3.56. The Morgan fingerprint density at radius 3 is 2.13 bits per heavy atom. The van der Waals surface area contributed by atoms with Crippen molar-refractivity contribution in [1.82, 2.24) is 4.90 Å². The molecule has 0 spiro atoms. The van der Waals surface area contributed by atoms with Gasteiger partial charge in [-0.25, -0.2) is 0 Å². The molecule has 0 saturated carbocycles. The summed E-state index contributed by atoms with van der Waals surface area (Å²) in [7, 11) is -1.21. The molecule has 6 rings (SSSR count). The molecule has 2 amide bonds. The lowest BCUT2D eigenvalue weighted by molar-refractivity contribution is -0.138. The van der Waals surface area contributed by atoms with Crippen LogP contribution in [0.5, 0.6) is 5.75 Å². The first-order valence-electron chi connectivity index (χ1n) is 16.4. The highest BCUT2D eigenvalue weighted by molar-refractivity contribution is 6.99. The van der Waals surface area contributed by atoms with Gasteiger partial charge in [0.05, 0.1) is 31.2 Å². The summed E-state index contributed by atoms with van der Waals surface area (Å²) in [5.74, 6) is -0.791. The summed E-state index contributed by atoms with van der Waals surface area (Å²) in [5, 5.41) is 11.9. The van der Waals surface area contributed by atoms with E-state index >= 15 is 0 Å². The van der Waals surface area contributed by atoms with Crippen LogP contribution in [0, 0.1) is 17.8 Å². The van der Waals surface area contributed by atoms with Crippen LogP contribution in [0.2, 0.25) is 5.04 Å². The lowest BCUT2D eigenvalue weighted by atomic mass is 9.69. The smallest absolute Gasteiger partial charge is 0.261 e. The first-order chi connectivity index (χ1) is 22.0. The van der Waals surface area contributed by atoms with E-state index in [1.54, 1.807) is 19.2 Å². The van der Waals surface area contributed by atoms with Gasteiger partial charge in [0.2, 0.25) is 11.8 Å². The Balaban J connectivity index is 1.36. The molecular weight excluding hydrogens is 591 g/mol. The minimum atomic E-state index is -2.82. The zero-order valence-electron chi connectivity index (χ0n) is 27.5. The highest BCUT2D eigenvalue weighted by Crippen LogP contribution is 2.50. The summed E-state index contributed by atoms with van der Waals surface area (Å²) in [5.41, 5.74) is 4.55. The van der Waals surface area contributed by atoms with Crippen molar-refractivity contribution in [3.05, 3.63) is 107 Å². The van der Waals surface area contributed by atoms with Gasteiger partial charge in [-0.2, -0.15) is 0 Å². The van der Waals surface area contributed by atoms with Crippen LogP contribution < -0.4 is 10.4 Å². The number of aromatic hydroxyl groups is 1. The molecule has 0 unspecified atom stereocenters. The first-order valence-corrected chi connectivity index (χ1v) is 18.3. The number of carbonyl (C=O) groups excluding carboxylic acids is 2. The Labute approximate surface area is 273 Å². The third-order valence-corrected chi connectivity index (χ3v) is 15.2. The number of fused-ring (bicyclic) bond motifs is 3. The van der Waals surface area contributed by atoms with Gasteiger partial charge in [-0.1, -0.05) is 105 Å². The molecule has 3 aromatic rings. The Morgan fingerprint density at radius 2 is 1.54 bits per heavy atom. The number of hydrogen-bond acceptors (Lipinski definition) is 5. The number of hydrogen-bond donors (Lipinski definition) is 1. The van der Waals surface area contributed by atoms with E-state index in [0.29, 0.717) is 19.6 Å². The van der Waals surface area contributed by atoms with E-state index in [2.05, 4.69) is 82.3 Å². The molecule has 1 N–H and O–H groups in total. The van der Waals surface area contributed by atoms with E-state index in [9.17, 15) is 14.7 Å². The van der Waals surface area contributed by atoms with E-state index < -0.39 is 8.32 Å². The normalized spacial score (nSPS) is 23.6. The van der Waals surface area contributed by atoms with E-state index in [1.807, 2.05) is 24.3 Å². The highest BCUT2D eigenvalue weighted by atomic mass is 28.4.